The zero-order chi connectivity index (χ0) is 29.2. The number of amidine groups is 1. The van der Waals surface area contributed by atoms with Crippen LogP contribution in [0.15, 0.2) is 52.0 Å². The van der Waals surface area contributed by atoms with Gasteiger partial charge in [-0.25, -0.2) is 0 Å². The van der Waals surface area contributed by atoms with Gasteiger partial charge in [0.25, 0.3) is 5.91 Å². The van der Waals surface area contributed by atoms with Crippen molar-refractivity contribution < 1.29 is 45.3 Å². The van der Waals surface area contributed by atoms with Crippen LogP contribution in [0.3, 0.4) is 0 Å². The number of alkyl halides is 6. The van der Waals surface area contributed by atoms with Gasteiger partial charge in [-0.3, -0.25) is 4.79 Å². The van der Waals surface area contributed by atoms with Crippen LogP contribution in [0.1, 0.15) is 36.1 Å². The number of methoxy groups -OCH3 is 1. The minimum atomic E-state index is -5.01. The number of thioether (sulfide) groups is 1. The SMILES string of the molecule is COc1cc(C=C=C2SC(N3C(C)COCC3C)=NC2=O)ccc1OCc1ccc(C(F)(F)F)cc1C(F)(F)F. The Morgan fingerprint density at radius 1 is 1.05 bits per heavy atom. The Balaban J connectivity index is 1.51. The van der Waals surface area contributed by atoms with Gasteiger partial charge in [0.15, 0.2) is 16.7 Å². The van der Waals surface area contributed by atoms with Gasteiger partial charge in [-0.2, -0.15) is 31.3 Å². The van der Waals surface area contributed by atoms with Gasteiger partial charge in [0.05, 0.1) is 43.5 Å². The number of aliphatic imine (C=N–C) groups is 1. The fourth-order valence-corrected chi connectivity index (χ4v) is 5.25. The van der Waals surface area contributed by atoms with Gasteiger partial charge in [0, 0.05) is 5.56 Å². The van der Waals surface area contributed by atoms with E-state index in [9.17, 15) is 31.1 Å². The van der Waals surface area contributed by atoms with E-state index < -0.39 is 41.6 Å². The largest absolute Gasteiger partial charge is 0.493 e. The highest BCUT2D eigenvalue weighted by molar-refractivity contribution is 8.18. The average Bonchev–Trinajstić information content (AvgIpc) is 3.24. The third-order valence-electron chi connectivity index (χ3n) is 6.16. The van der Waals surface area contributed by atoms with Crippen molar-refractivity contribution in [3.63, 3.8) is 0 Å². The lowest BCUT2D eigenvalue weighted by atomic mass is 10.0. The van der Waals surface area contributed by atoms with Crippen LogP contribution in [0.4, 0.5) is 26.3 Å². The summed E-state index contributed by atoms with van der Waals surface area (Å²) >= 11 is 1.20. The van der Waals surface area contributed by atoms with Gasteiger partial charge in [0.1, 0.15) is 11.5 Å². The molecule has 0 radical (unpaired) electrons. The van der Waals surface area contributed by atoms with Crippen LogP contribution in [0.2, 0.25) is 0 Å². The van der Waals surface area contributed by atoms with E-state index in [4.69, 9.17) is 14.2 Å². The normalized spacial score (nSPS) is 19.8. The lowest BCUT2D eigenvalue weighted by Crippen LogP contribution is -2.51. The van der Waals surface area contributed by atoms with E-state index in [1.54, 1.807) is 6.07 Å². The number of nitrogens with zero attached hydrogens (tertiary/aromatic N) is 2. The summed E-state index contributed by atoms with van der Waals surface area (Å²) < 4.78 is 95.4. The average molecular weight is 587 g/mol. The number of carbonyl (C=O) groups excluding carboxylic acids is 1. The van der Waals surface area contributed by atoms with Crippen molar-refractivity contribution in [1.29, 1.82) is 0 Å². The molecule has 0 N–H and O–H groups in total. The van der Waals surface area contributed by atoms with Crippen molar-refractivity contribution in [1.82, 2.24) is 4.90 Å². The minimum absolute atomic E-state index is 0.0534. The van der Waals surface area contributed by atoms with Crippen molar-refractivity contribution in [2.45, 2.75) is 44.9 Å². The van der Waals surface area contributed by atoms with Crippen LogP contribution >= 0.6 is 11.8 Å². The van der Waals surface area contributed by atoms with Gasteiger partial charge < -0.3 is 19.1 Å². The zero-order valence-electron chi connectivity index (χ0n) is 21.5. The lowest BCUT2D eigenvalue weighted by Gasteiger charge is -2.39. The molecular weight excluding hydrogens is 562 g/mol. The van der Waals surface area contributed by atoms with E-state index in [0.29, 0.717) is 34.9 Å². The topological polar surface area (TPSA) is 60.4 Å². The molecule has 2 aliphatic rings. The monoisotopic (exact) mass is 586 g/mol. The van der Waals surface area contributed by atoms with Crippen molar-refractivity contribution in [2.24, 2.45) is 4.99 Å². The van der Waals surface area contributed by atoms with E-state index in [2.05, 4.69) is 10.7 Å². The number of benzene rings is 2. The van der Waals surface area contributed by atoms with Crippen LogP contribution in [0.5, 0.6) is 11.5 Å². The molecule has 2 aromatic carbocycles. The fourth-order valence-electron chi connectivity index (χ4n) is 4.22. The standard InChI is InChI=1S/C27H24F6N2O4S/c1-15-12-38-13-16(2)35(15)25-34-24(36)23(40-25)9-5-17-4-8-21(22(10-17)37-3)39-14-18-6-7-19(26(28,29)30)11-20(18)27(31,32)33/h4-8,10-11,15-16H,12-14H2,1-3H3. The molecule has 2 unspecified atom stereocenters. The van der Waals surface area contributed by atoms with Crippen molar-refractivity contribution in [3.05, 3.63) is 69.3 Å². The first-order valence-corrected chi connectivity index (χ1v) is 12.8. The number of morpholine rings is 1. The van der Waals surface area contributed by atoms with Gasteiger partial charge in [-0.15, -0.1) is 0 Å². The summed E-state index contributed by atoms with van der Waals surface area (Å²) in [5, 5.41) is 0.576. The molecule has 0 bridgehead atoms. The van der Waals surface area contributed by atoms with E-state index in [1.165, 1.54) is 37.1 Å². The van der Waals surface area contributed by atoms with Crippen molar-refractivity contribution in [3.8, 4) is 11.5 Å². The van der Waals surface area contributed by atoms with E-state index in [1.807, 2.05) is 18.7 Å². The molecule has 40 heavy (non-hydrogen) atoms. The maximum Gasteiger partial charge on any atom is 0.416 e. The summed E-state index contributed by atoms with van der Waals surface area (Å²) in [6.45, 7) is 4.37. The summed E-state index contributed by atoms with van der Waals surface area (Å²) in [6, 6.07) is 6.03. The highest BCUT2D eigenvalue weighted by Gasteiger charge is 2.38. The number of rotatable bonds is 5. The van der Waals surface area contributed by atoms with Crippen LogP contribution in [-0.4, -0.2) is 48.4 Å². The Hall–Kier alpha value is -3.41. The summed E-state index contributed by atoms with van der Waals surface area (Å²) in [5.41, 5.74) is 0.182. The first kappa shape index (κ1) is 29.6. The molecular formula is C27H24F6N2O4S. The summed E-state index contributed by atoms with van der Waals surface area (Å²) in [6.07, 6.45) is -8.39. The highest BCUT2D eigenvalue weighted by atomic mass is 32.2. The molecule has 4 rings (SSSR count). The predicted octanol–water partition coefficient (Wildman–Crippen LogP) is 6.55. The Bertz CT molecular complexity index is 1370. The molecule has 214 valence electrons. The Labute approximate surface area is 230 Å². The van der Waals surface area contributed by atoms with Crippen LogP contribution in [0.25, 0.3) is 6.08 Å². The lowest BCUT2D eigenvalue weighted by molar-refractivity contribution is -0.143. The summed E-state index contributed by atoms with van der Waals surface area (Å²) in [7, 11) is 1.33. The fraction of sp³-hybridized carbons (Fsp3) is 0.370. The van der Waals surface area contributed by atoms with Crippen LogP contribution in [-0.2, 0) is 28.5 Å². The predicted molar refractivity (Wildman–Crippen MR) is 137 cm³/mol. The maximum absolute atomic E-state index is 13.4. The molecule has 2 aromatic rings. The molecule has 2 atom stereocenters. The number of hydrogen-bond acceptors (Lipinski definition) is 6. The molecule has 1 saturated heterocycles. The van der Waals surface area contributed by atoms with Gasteiger partial charge in [-0.1, -0.05) is 17.9 Å². The minimum Gasteiger partial charge on any atom is -0.493 e. The van der Waals surface area contributed by atoms with Gasteiger partial charge in [0.2, 0.25) is 0 Å². The third kappa shape index (κ3) is 6.65. The quantitative estimate of drug-likeness (QED) is 0.225. The second-order valence-corrected chi connectivity index (χ2v) is 10.1. The van der Waals surface area contributed by atoms with Crippen molar-refractivity contribution in [2.75, 3.05) is 20.3 Å². The molecule has 13 heteroatoms. The third-order valence-corrected chi connectivity index (χ3v) is 7.14. The second kappa shape index (κ2) is 11.6. The summed E-state index contributed by atoms with van der Waals surface area (Å²) in [5.74, 6) is -0.182. The summed E-state index contributed by atoms with van der Waals surface area (Å²) in [4.78, 5) is 18.9. The molecule has 1 amide bonds. The van der Waals surface area contributed by atoms with E-state index in [0.717, 1.165) is 6.07 Å². The smallest absolute Gasteiger partial charge is 0.416 e. The number of hydrogen-bond donors (Lipinski definition) is 0. The molecule has 6 nitrogen and oxygen atoms in total. The highest BCUT2D eigenvalue weighted by Crippen LogP contribution is 2.38. The van der Waals surface area contributed by atoms with Crippen LogP contribution < -0.4 is 9.47 Å². The van der Waals surface area contributed by atoms with Gasteiger partial charge >= 0.3 is 12.4 Å². The van der Waals surface area contributed by atoms with E-state index in [-0.39, 0.29) is 29.6 Å². The number of carbonyl (C=O) groups is 1. The van der Waals surface area contributed by atoms with Crippen molar-refractivity contribution >= 4 is 28.9 Å². The molecule has 0 spiro atoms. The first-order chi connectivity index (χ1) is 18.8. The molecule has 2 heterocycles. The Morgan fingerprint density at radius 3 is 2.38 bits per heavy atom. The maximum atomic E-state index is 13.4. The Kier molecular flexibility index (Phi) is 8.57. The first-order valence-electron chi connectivity index (χ1n) is 12.0. The number of amides is 1. The number of halogens is 6. The van der Waals surface area contributed by atoms with Crippen LogP contribution in [0, 0.1) is 0 Å². The van der Waals surface area contributed by atoms with Gasteiger partial charge in [-0.05, 0) is 61.5 Å². The van der Waals surface area contributed by atoms with E-state index >= 15 is 0 Å². The molecule has 0 saturated carbocycles. The molecule has 0 aromatic heterocycles. The molecule has 2 aliphatic heterocycles. The molecule has 1 fully saturated rings. The number of ether oxygens (including phenoxy) is 3. The molecule has 0 aliphatic carbocycles. The second-order valence-electron chi connectivity index (χ2n) is 9.13. The Morgan fingerprint density at radius 2 is 1.75 bits per heavy atom. The zero-order valence-corrected chi connectivity index (χ0v) is 22.3.